The van der Waals surface area contributed by atoms with E-state index in [0.29, 0.717) is 0 Å². The predicted octanol–water partition coefficient (Wildman–Crippen LogP) is 18.2. The summed E-state index contributed by atoms with van der Waals surface area (Å²) in [7, 11) is 0. The maximum Gasteiger partial charge on any atom is 0.252 e. The van der Waals surface area contributed by atoms with Gasteiger partial charge in [0.1, 0.15) is 11.5 Å². The molecule has 0 amide bonds. The number of anilines is 6. The van der Waals surface area contributed by atoms with Crippen LogP contribution in [0.15, 0.2) is 243 Å². The van der Waals surface area contributed by atoms with E-state index in [-0.39, 0.29) is 17.5 Å². The molecule has 4 heterocycles. The number of benzene rings is 11. The van der Waals surface area contributed by atoms with Crippen LogP contribution in [-0.2, 0) is 10.8 Å². The standard InChI is InChI=1S/C74H58BN3O/c1-73(2,3)51-44-66-70-67(45-51)78-71-58(30-21-31-60(71)74(4,5)6)56-28-15-19-34-68(56)79-69-35-20-16-29-57(69)59-42-50(48-24-11-8-12-25-48)43-62(72(59)78)75(70)61-41-40-53(77-63-32-17-13-26-54(63)55-27-14-18-33-64(55)77)46-65(61)76(66)52-38-36-49(37-39-52)47-22-9-7-10-23-47/h7-46H,1-6H3. The van der Waals surface area contributed by atoms with Gasteiger partial charge in [-0.1, -0.05) is 217 Å². The summed E-state index contributed by atoms with van der Waals surface area (Å²) in [5.74, 6) is 1.64. The molecule has 0 atom stereocenters. The number of aromatic nitrogens is 1. The summed E-state index contributed by atoms with van der Waals surface area (Å²) < 4.78 is 9.75. The molecular weight excluding hydrogens is 958 g/mol. The molecule has 3 aliphatic heterocycles. The topological polar surface area (TPSA) is 20.6 Å². The molecule has 3 aliphatic rings. The third-order valence-corrected chi connectivity index (χ3v) is 16.8. The number of hydrogen-bond acceptors (Lipinski definition) is 3. The van der Waals surface area contributed by atoms with Crippen LogP contribution in [0.25, 0.3) is 72.0 Å². The summed E-state index contributed by atoms with van der Waals surface area (Å²) in [4.78, 5) is 5.29. The lowest BCUT2D eigenvalue weighted by atomic mass is 9.33. The highest BCUT2D eigenvalue weighted by molar-refractivity contribution is 7.00. The Hall–Kier alpha value is -9.32. The minimum atomic E-state index is -0.256. The largest absolute Gasteiger partial charge is 0.456 e. The zero-order valence-corrected chi connectivity index (χ0v) is 45.4. The number of nitrogens with zero attached hydrogens (tertiary/aromatic N) is 3. The van der Waals surface area contributed by atoms with Crippen molar-refractivity contribution in [1.82, 2.24) is 4.57 Å². The van der Waals surface area contributed by atoms with Crippen LogP contribution in [0.1, 0.15) is 52.7 Å². The van der Waals surface area contributed by atoms with Crippen LogP contribution >= 0.6 is 0 Å². The lowest BCUT2D eigenvalue weighted by Gasteiger charge is -2.47. The van der Waals surface area contributed by atoms with Gasteiger partial charge in [0.2, 0.25) is 0 Å². The van der Waals surface area contributed by atoms with Crippen LogP contribution in [0.2, 0.25) is 0 Å². The summed E-state index contributed by atoms with van der Waals surface area (Å²) in [5.41, 5.74) is 25.3. The number of para-hydroxylation sites is 5. The lowest BCUT2D eigenvalue weighted by molar-refractivity contribution is 0.486. The predicted molar refractivity (Wildman–Crippen MR) is 334 cm³/mol. The van der Waals surface area contributed by atoms with E-state index in [0.717, 1.165) is 61.9 Å². The molecule has 79 heavy (non-hydrogen) atoms. The SMILES string of the molecule is CC(C)(C)c1cc2c3c(c1)N1c4c(cc(-c5ccccc5)cc4-c4ccccc4Oc4ccccc4-c4cccc(C(C)(C)C)c41)B3c1ccc(-n3c4ccccc4c4ccccc43)cc1N2c1ccc(-c2ccccc2)cc1. The third kappa shape index (κ3) is 7.36. The Balaban J connectivity index is 1.12. The van der Waals surface area contributed by atoms with E-state index in [9.17, 15) is 0 Å². The first-order valence-corrected chi connectivity index (χ1v) is 27.8. The monoisotopic (exact) mass is 1020 g/mol. The highest BCUT2D eigenvalue weighted by Crippen LogP contribution is 2.56. The van der Waals surface area contributed by atoms with Crippen molar-refractivity contribution in [2.24, 2.45) is 0 Å². The first-order chi connectivity index (χ1) is 38.5. The zero-order chi connectivity index (χ0) is 53.3. The molecule has 0 unspecified atom stereocenters. The molecule has 0 aliphatic carbocycles. The molecule has 0 fully saturated rings. The van der Waals surface area contributed by atoms with Gasteiger partial charge in [0.25, 0.3) is 6.71 Å². The molecule has 11 aromatic carbocycles. The maximum atomic E-state index is 7.28. The lowest BCUT2D eigenvalue weighted by Crippen LogP contribution is -2.61. The number of hydrogen-bond donors (Lipinski definition) is 0. The molecule has 1 aromatic heterocycles. The second kappa shape index (κ2) is 17.6. The van der Waals surface area contributed by atoms with Gasteiger partial charge in [-0.15, -0.1) is 0 Å². The fraction of sp³-hybridized carbons (Fsp3) is 0.108. The highest BCUT2D eigenvalue weighted by atomic mass is 16.5. The quantitative estimate of drug-likeness (QED) is 0.164. The van der Waals surface area contributed by atoms with E-state index < -0.39 is 0 Å². The summed E-state index contributed by atoms with van der Waals surface area (Å²) in [6.07, 6.45) is 0. The fourth-order valence-electron chi connectivity index (χ4n) is 13.1. The van der Waals surface area contributed by atoms with Crippen LogP contribution in [0.5, 0.6) is 11.5 Å². The first kappa shape index (κ1) is 46.9. The second-order valence-corrected chi connectivity index (χ2v) is 23.7. The number of fused-ring (bicyclic) bond motifs is 13. The van der Waals surface area contributed by atoms with Gasteiger partial charge in [-0.25, -0.2) is 0 Å². The Labute approximate surface area is 463 Å². The molecule has 0 bridgehead atoms. The van der Waals surface area contributed by atoms with Crippen molar-refractivity contribution >= 4 is 79.0 Å². The van der Waals surface area contributed by atoms with Crippen molar-refractivity contribution in [3.63, 3.8) is 0 Å². The van der Waals surface area contributed by atoms with E-state index in [1.165, 1.54) is 83.2 Å². The second-order valence-electron chi connectivity index (χ2n) is 23.7. The summed E-state index contributed by atoms with van der Waals surface area (Å²) >= 11 is 0. The van der Waals surface area contributed by atoms with Crippen LogP contribution in [0.4, 0.5) is 34.1 Å². The van der Waals surface area contributed by atoms with Gasteiger partial charge in [0.05, 0.1) is 16.7 Å². The van der Waals surface area contributed by atoms with Gasteiger partial charge in [-0.3, -0.25) is 0 Å². The van der Waals surface area contributed by atoms with Crippen molar-refractivity contribution in [2.45, 2.75) is 52.4 Å². The molecule has 0 spiro atoms. The van der Waals surface area contributed by atoms with Crippen molar-refractivity contribution < 1.29 is 4.74 Å². The molecular formula is C74H58BN3O. The third-order valence-electron chi connectivity index (χ3n) is 16.8. The van der Waals surface area contributed by atoms with Gasteiger partial charge in [-0.05, 0) is 127 Å². The summed E-state index contributed by atoms with van der Waals surface area (Å²) in [6, 6.07) is 90.2. The minimum absolute atomic E-state index is 0.178. The van der Waals surface area contributed by atoms with Crippen molar-refractivity contribution in [2.75, 3.05) is 9.80 Å². The van der Waals surface area contributed by atoms with Crippen LogP contribution < -0.4 is 30.9 Å². The average molecular weight is 1020 g/mol. The molecule has 0 radical (unpaired) electrons. The Kier molecular flexibility index (Phi) is 10.5. The Morgan fingerprint density at radius 3 is 1.52 bits per heavy atom. The van der Waals surface area contributed by atoms with E-state index in [1.54, 1.807) is 0 Å². The van der Waals surface area contributed by atoms with Crippen LogP contribution in [0.3, 0.4) is 0 Å². The maximum absolute atomic E-state index is 7.28. The van der Waals surface area contributed by atoms with Crippen molar-refractivity contribution in [1.29, 1.82) is 0 Å². The van der Waals surface area contributed by atoms with Crippen LogP contribution in [-0.4, -0.2) is 11.3 Å². The van der Waals surface area contributed by atoms with Crippen LogP contribution in [0, 0.1) is 0 Å². The number of rotatable bonds is 4. The molecule has 0 N–H and O–H groups in total. The Morgan fingerprint density at radius 1 is 0.354 bits per heavy atom. The fourth-order valence-corrected chi connectivity index (χ4v) is 13.1. The van der Waals surface area contributed by atoms with Gasteiger partial charge < -0.3 is 19.1 Å². The smallest absolute Gasteiger partial charge is 0.252 e. The molecule has 0 saturated carbocycles. The molecule has 15 rings (SSSR count). The molecule has 4 nitrogen and oxygen atoms in total. The summed E-state index contributed by atoms with van der Waals surface area (Å²) in [5, 5.41) is 2.48. The van der Waals surface area contributed by atoms with Crippen molar-refractivity contribution in [3.8, 4) is 61.7 Å². The normalized spacial score (nSPS) is 13.2. The van der Waals surface area contributed by atoms with E-state index >= 15 is 0 Å². The van der Waals surface area contributed by atoms with E-state index in [2.05, 4.69) is 299 Å². The molecule has 378 valence electrons. The highest BCUT2D eigenvalue weighted by Gasteiger charge is 2.47. The molecule has 5 heteroatoms. The summed E-state index contributed by atoms with van der Waals surface area (Å²) in [6.45, 7) is 14.0. The number of ether oxygens (including phenoxy) is 1. The molecule has 0 saturated heterocycles. The molecule has 12 aromatic rings. The van der Waals surface area contributed by atoms with Gasteiger partial charge in [0, 0.05) is 67.2 Å². The Bertz CT molecular complexity index is 4370. The zero-order valence-electron chi connectivity index (χ0n) is 45.4. The minimum Gasteiger partial charge on any atom is -0.456 e. The van der Waals surface area contributed by atoms with E-state index in [1.807, 2.05) is 0 Å². The van der Waals surface area contributed by atoms with Gasteiger partial charge in [0.15, 0.2) is 0 Å². The first-order valence-electron chi connectivity index (χ1n) is 27.8. The average Bonchev–Trinajstić information content (AvgIpc) is 3.91. The van der Waals surface area contributed by atoms with Gasteiger partial charge in [-0.2, -0.15) is 0 Å². The van der Waals surface area contributed by atoms with E-state index in [4.69, 9.17) is 4.74 Å². The van der Waals surface area contributed by atoms with Crippen molar-refractivity contribution in [3.05, 3.63) is 254 Å². The Morgan fingerprint density at radius 2 is 0.886 bits per heavy atom. The van der Waals surface area contributed by atoms with Gasteiger partial charge >= 0.3 is 0 Å².